The Morgan fingerprint density at radius 2 is 1.11 bits per heavy atom. The highest BCUT2D eigenvalue weighted by molar-refractivity contribution is 7.90. The minimum Gasteiger partial charge on any atom is -0.228 e. The number of hydrogen-bond acceptors (Lipinski definition) is 4. The van der Waals surface area contributed by atoms with E-state index in [9.17, 15) is 16.8 Å². The predicted molar refractivity (Wildman–Crippen MR) is 74.8 cm³/mol. The van der Waals surface area contributed by atoms with Gasteiger partial charge in [-0.05, 0) is 12.8 Å². The van der Waals surface area contributed by atoms with E-state index in [1.54, 1.807) is 13.8 Å². The Hall–Kier alpha value is -0.700. The highest BCUT2D eigenvalue weighted by Crippen LogP contribution is 2.01. The van der Waals surface area contributed by atoms with Gasteiger partial charge in [-0.3, -0.25) is 0 Å². The zero-order valence-electron chi connectivity index (χ0n) is 10.7. The predicted octanol–water partition coefficient (Wildman–Crippen LogP) is 0.479. The highest BCUT2D eigenvalue weighted by Gasteiger charge is 2.14. The van der Waals surface area contributed by atoms with Gasteiger partial charge in [-0.2, -0.15) is 0 Å². The van der Waals surface area contributed by atoms with Gasteiger partial charge in [0.1, 0.15) is 0 Å². The van der Waals surface area contributed by atoms with E-state index in [0.717, 1.165) is 0 Å². The molecule has 108 valence electrons. The molecule has 0 radical (unpaired) electrons. The van der Waals surface area contributed by atoms with E-state index in [1.165, 1.54) is 12.2 Å². The van der Waals surface area contributed by atoms with E-state index in [4.69, 9.17) is 10.3 Å². The first-order valence-corrected chi connectivity index (χ1v) is 8.54. The summed E-state index contributed by atoms with van der Waals surface area (Å²) in [6, 6.07) is 0. The second-order valence-electron chi connectivity index (χ2n) is 3.54. The molecule has 2 atom stereocenters. The third-order valence-corrected chi connectivity index (χ3v) is 4.91. The minimum atomic E-state index is -3.38. The van der Waals surface area contributed by atoms with Crippen LogP contribution in [0.2, 0.25) is 0 Å². The van der Waals surface area contributed by atoms with E-state index in [-0.39, 0.29) is 0 Å². The molecular formula is C10H22N2O4S2. The number of rotatable bonds is 6. The molecule has 0 aromatic heterocycles. The van der Waals surface area contributed by atoms with Crippen molar-refractivity contribution in [3.8, 4) is 0 Å². The monoisotopic (exact) mass is 298 g/mol. The summed E-state index contributed by atoms with van der Waals surface area (Å²) in [5.41, 5.74) is 0. The third-order valence-electron chi connectivity index (χ3n) is 2.17. The summed E-state index contributed by atoms with van der Waals surface area (Å²) in [6.07, 6.45) is 3.66. The molecular weight excluding hydrogens is 276 g/mol. The van der Waals surface area contributed by atoms with Crippen molar-refractivity contribution in [3.63, 3.8) is 0 Å². The molecule has 0 unspecified atom stereocenters. The summed E-state index contributed by atoms with van der Waals surface area (Å²) in [7, 11) is -6.77. The van der Waals surface area contributed by atoms with Crippen molar-refractivity contribution in [2.24, 2.45) is 10.3 Å². The quantitative estimate of drug-likeness (QED) is 0.693. The number of primary sulfonamides is 2. The molecule has 0 saturated carbocycles. The molecule has 0 saturated heterocycles. The van der Waals surface area contributed by atoms with Crippen molar-refractivity contribution in [2.45, 2.75) is 37.2 Å². The molecule has 4 N–H and O–H groups in total. The van der Waals surface area contributed by atoms with E-state index in [0.29, 0.717) is 12.8 Å². The fraction of sp³-hybridized carbons (Fsp3) is 0.600. The summed E-state index contributed by atoms with van der Waals surface area (Å²) in [5.74, 6) is 0. The molecule has 0 rings (SSSR count). The van der Waals surface area contributed by atoms with Crippen LogP contribution < -0.4 is 10.3 Å². The van der Waals surface area contributed by atoms with Gasteiger partial charge in [-0.1, -0.05) is 26.0 Å². The molecule has 0 aromatic carbocycles. The average Bonchev–Trinajstić information content (AvgIpc) is 2.17. The molecule has 0 bridgehead atoms. The Kier molecular flexibility index (Phi) is 9.17. The summed E-state index contributed by atoms with van der Waals surface area (Å²) in [5, 5.41) is 8.43. The Morgan fingerprint density at radius 3 is 1.11 bits per heavy atom. The van der Waals surface area contributed by atoms with Gasteiger partial charge in [-0.15, -0.1) is 13.2 Å². The molecule has 0 heterocycles. The number of hydrogen-bond donors (Lipinski definition) is 2. The van der Waals surface area contributed by atoms with E-state index in [2.05, 4.69) is 13.2 Å². The van der Waals surface area contributed by atoms with Gasteiger partial charge in [0.25, 0.3) is 0 Å². The molecule has 0 aromatic rings. The third kappa shape index (κ3) is 8.40. The second-order valence-corrected chi connectivity index (χ2v) is 7.11. The molecule has 0 aliphatic carbocycles. The first-order chi connectivity index (χ1) is 8.04. The molecule has 0 amide bonds. The lowest BCUT2D eigenvalue weighted by molar-refractivity contribution is 0.586. The Morgan fingerprint density at radius 1 is 0.889 bits per heavy atom. The largest absolute Gasteiger partial charge is 0.228 e. The first kappa shape index (κ1) is 19.6. The fourth-order valence-corrected chi connectivity index (χ4v) is 2.53. The molecule has 0 aliphatic heterocycles. The highest BCUT2D eigenvalue weighted by atomic mass is 32.2. The smallest absolute Gasteiger partial charge is 0.215 e. The van der Waals surface area contributed by atoms with Crippen LogP contribution in [0.3, 0.4) is 0 Å². The average molecular weight is 298 g/mol. The van der Waals surface area contributed by atoms with Crippen LogP contribution in [0.4, 0.5) is 0 Å². The molecule has 18 heavy (non-hydrogen) atoms. The van der Waals surface area contributed by atoms with Crippen LogP contribution >= 0.6 is 0 Å². The van der Waals surface area contributed by atoms with Crippen molar-refractivity contribution in [1.29, 1.82) is 0 Å². The van der Waals surface area contributed by atoms with Crippen molar-refractivity contribution >= 4 is 20.0 Å². The van der Waals surface area contributed by atoms with Gasteiger partial charge in [0.2, 0.25) is 20.0 Å². The summed E-state index contributed by atoms with van der Waals surface area (Å²) >= 11 is 0. The van der Waals surface area contributed by atoms with Gasteiger partial charge in [0.05, 0.1) is 10.5 Å². The van der Waals surface area contributed by atoms with Gasteiger partial charge >= 0.3 is 0 Å². The van der Waals surface area contributed by atoms with Crippen molar-refractivity contribution in [3.05, 3.63) is 25.3 Å². The van der Waals surface area contributed by atoms with E-state index < -0.39 is 30.5 Å². The van der Waals surface area contributed by atoms with E-state index in [1.807, 2.05) is 0 Å². The Labute approximate surface area is 110 Å². The lowest BCUT2D eigenvalue weighted by Gasteiger charge is -2.03. The van der Waals surface area contributed by atoms with Crippen LogP contribution in [0.25, 0.3) is 0 Å². The lowest BCUT2D eigenvalue weighted by Crippen LogP contribution is -2.25. The summed E-state index contributed by atoms with van der Waals surface area (Å²) < 4.78 is 42.0. The standard InChI is InChI=1S/2C5H11NO2S/c2*1-3-5(4-2)9(6,7)8/h2*3,5H,1,4H2,2H3,(H2,6,7,8)/t2*5-/m10/s1. The molecule has 0 fully saturated rings. The Balaban J connectivity index is 0. The zero-order chi connectivity index (χ0) is 15.0. The minimum absolute atomic E-state index is 0.488. The maximum Gasteiger partial charge on any atom is 0.215 e. The Bertz CT molecular complexity index is 410. The van der Waals surface area contributed by atoms with Crippen LogP contribution in [0, 0.1) is 0 Å². The van der Waals surface area contributed by atoms with Gasteiger partial charge in [0.15, 0.2) is 0 Å². The zero-order valence-corrected chi connectivity index (χ0v) is 12.4. The van der Waals surface area contributed by atoms with Crippen LogP contribution in [0.1, 0.15) is 26.7 Å². The van der Waals surface area contributed by atoms with Gasteiger partial charge in [-0.25, -0.2) is 27.1 Å². The number of nitrogens with two attached hydrogens (primary N) is 2. The molecule has 0 aliphatic rings. The second kappa shape index (κ2) is 8.41. The summed E-state index contributed by atoms with van der Waals surface area (Å²) in [6.45, 7) is 10.2. The number of sulfonamides is 2. The molecule has 0 spiro atoms. The topological polar surface area (TPSA) is 120 Å². The maximum atomic E-state index is 10.5. The van der Waals surface area contributed by atoms with Crippen molar-refractivity contribution in [2.75, 3.05) is 0 Å². The van der Waals surface area contributed by atoms with Crippen molar-refractivity contribution in [1.82, 2.24) is 0 Å². The van der Waals surface area contributed by atoms with Crippen LogP contribution in [-0.4, -0.2) is 27.3 Å². The maximum absolute atomic E-state index is 10.5. The van der Waals surface area contributed by atoms with Crippen molar-refractivity contribution < 1.29 is 16.8 Å². The fourth-order valence-electron chi connectivity index (χ4n) is 1.07. The van der Waals surface area contributed by atoms with Gasteiger partial charge in [0, 0.05) is 0 Å². The summed E-state index contributed by atoms with van der Waals surface area (Å²) in [4.78, 5) is 0. The molecule has 8 heteroatoms. The molecule has 6 nitrogen and oxygen atoms in total. The van der Waals surface area contributed by atoms with Crippen LogP contribution in [0.5, 0.6) is 0 Å². The first-order valence-electron chi connectivity index (χ1n) is 5.32. The van der Waals surface area contributed by atoms with Gasteiger partial charge < -0.3 is 0 Å². The SMILES string of the molecule is C=C[C@@H](CC)S(N)(=O)=O.C=C[C@H](CC)S(N)(=O)=O. The van der Waals surface area contributed by atoms with Crippen LogP contribution in [0.15, 0.2) is 25.3 Å². The van der Waals surface area contributed by atoms with E-state index >= 15 is 0 Å². The normalized spacial score (nSPS) is 14.9. The van der Waals surface area contributed by atoms with Crippen LogP contribution in [-0.2, 0) is 20.0 Å². The lowest BCUT2D eigenvalue weighted by atomic mass is 10.3.